The van der Waals surface area contributed by atoms with E-state index >= 15 is 0 Å². The first kappa shape index (κ1) is 78.1. The zero-order chi connectivity index (χ0) is 60.7. The minimum atomic E-state index is -1.58. The summed E-state index contributed by atoms with van der Waals surface area (Å²) in [7, 11) is 0. The molecule has 1 amide bonds. The molecule has 9 heteroatoms. The number of aliphatic hydroxyl groups excluding tert-OH is 5. The van der Waals surface area contributed by atoms with Crippen LogP contribution in [-0.4, -0.2) is 87.5 Å². The van der Waals surface area contributed by atoms with Gasteiger partial charge in [-0.3, -0.25) is 4.79 Å². The van der Waals surface area contributed by atoms with Gasteiger partial charge in [-0.1, -0.05) is 295 Å². The van der Waals surface area contributed by atoms with Crippen LogP contribution < -0.4 is 5.32 Å². The molecule has 84 heavy (non-hydrogen) atoms. The lowest BCUT2D eigenvalue weighted by molar-refractivity contribution is -0.302. The molecule has 7 atom stereocenters. The van der Waals surface area contributed by atoms with Gasteiger partial charge in [-0.05, 0) is 109 Å². The van der Waals surface area contributed by atoms with Crippen LogP contribution in [0.25, 0.3) is 0 Å². The van der Waals surface area contributed by atoms with E-state index in [-0.39, 0.29) is 12.5 Å². The number of allylic oxidation sites excluding steroid dienone is 23. The number of ether oxygens (including phenoxy) is 2. The van der Waals surface area contributed by atoms with Crippen molar-refractivity contribution in [2.24, 2.45) is 0 Å². The highest BCUT2D eigenvalue weighted by Crippen LogP contribution is 2.23. The Hall–Kier alpha value is -3.93. The second kappa shape index (κ2) is 62.1. The minimum Gasteiger partial charge on any atom is -0.394 e. The van der Waals surface area contributed by atoms with Gasteiger partial charge in [0.15, 0.2) is 6.29 Å². The quantitative estimate of drug-likeness (QED) is 0.0261. The summed E-state index contributed by atoms with van der Waals surface area (Å²) in [6.07, 6.45) is 89.3. The van der Waals surface area contributed by atoms with Crippen molar-refractivity contribution in [1.82, 2.24) is 5.32 Å². The summed E-state index contributed by atoms with van der Waals surface area (Å²) in [5.41, 5.74) is 0. The summed E-state index contributed by atoms with van der Waals surface area (Å²) >= 11 is 0. The number of rotatable bonds is 57. The van der Waals surface area contributed by atoms with E-state index in [9.17, 15) is 30.3 Å². The Bertz CT molecular complexity index is 1830. The Balaban J connectivity index is 2.21. The van der Waals surface area contributed by atoms with E-state index in [2.05, 4.69) is 153 Å². The van der Waals surface area contributed by atoms with Crippen LogP contribution in [0.15, 0.2) is 146 Å². The van der Waals surface area contributed by atoms with Gasteiger partial charge in [-0.15, -0.1) is 0 Å². The van der Waals surface area contributed by atoms with Crippen LogP contribution in [0.3, 0.4) is 0 Å². The Morgan fingerprint density at radius 1 is 0.417 bits per heavy atom. The van der Waals surface area contributed by atoms with Crippen molar-refractivity contribution in [2.75, 3.05) is 13.2 Å². The van der Waals surface area contributed by atoms with E-state index < -0.39 is 49.5 Å². The Morgan fingerprint density at radius 3 is 1.14 bits per heavy atom. The molecule has 1 rings (SSSR count). The minimum absolute atomic E-state index is 0.205. The van der Waals surface area contributed by atoms with Crippen molar-refractivity contribution >= 4 is 5.91 Å². The predicted molar refractivity (Wildman–Crippen MR) is 359 cm³/mol. The molecule has 7 unspecified atom stereocenters. The number of aliphatic hydroxyl groups is 5. The average Bonchev–Trinajstić information content (AvgIpc) is 3.70. The van der Waals surface area contributed by atoms with Crippen LogP contribution in [0.4, 0.5) is 0 Å². The highest BCUT2D eigenvalue weighted by Gasteiger charge is 2.44. The number of carbonyl (C=O) groups is 1. The third-order valence-corrected chi connectivity index (χ3v) is 15.1. The molecule has 1 heterocycles. The van der Waals surface area contributed by atoms with Crippen LogP contribution >= 0.6 is 0 Å². The predicted octanol–water partition coefficient (Wildman–Crippen LogP) is 18.6. The van der Waals surface area contributed by atoms with Gasteiger partial charge in [0.25, 0.3) is 0 Å². The lowest BCUT2D eigenvalue weighted by Gasteiger charge is -2.40. The van der Waals surface area contributed by atoms with E-state index in [0.717, 1.165) is 128 Å². The van der Waals surface area contributed by atoms with Gasteiger partial charge in [0.1, 0.15) is 24.4 Å². The monoisotopic (exact) mass is 1170 g/mol. The molecule has 478 valence electrons. The van der Waals surface area contributed by atoms with Crippen LogP contribution in [-0.2, 0) is 14.3 Å². The van der Waals surface area contributed by atoms with Gasteiger partial charge in [-0.25, -0.2) is 0 Å². The highest BCUT2D eigenvalue weighted by molar-refractivity contribution is 5.76. The molecule has 0 spiro atoms. The van der Waals surface area contributed by atoms with Crippen LogP contribution in [0, 0.1) is 0 Å². The third-order valence-electron chi connectivity index (χ3n) is 15.1. The van der Waals surface area contributed by atoms with Gasteiger partial charge in [0, 0.05) is 6.42 Å². The average molecular weight is 1170 g/mol. The van der Waals surface area contributed by atoms with Crippen LogP contribution in [0.5, 0.6) is 0 Å². The number of nitrogens with one attached hydrogen (secondary N) is 1. The van der Waals surface area contributed by atoms with E-state index in [1.54, 1.807) is 6.08 Å². The first-order valence-electron chi connectivity index (χ1n) is 34.1. The van der Waals surface area contributed by atoms with Gasteiger partial charge in [0.05, 0.1) is 25.4 Å². The summed E-state index contributed by atoms with van der Waals surface area (Å²) in [5.74, 6) is -0.205. The fourth-order valence-electron chi connectivity index (χ4n) is 9.85. The topological polar surface area (TPSA) is 149 Å². The normalized spacial score (nSPS) is 19.2. The molecule has 0 aliphatic carbocycles. The molecule has 0 aromatic rings. The number of hydrogen-bond acceptors (Lipinski definition) is 8. The highest BCUT2D eigenvalue weighted by atomic mass is 16.7. The van der Waals surface area contributed by atoms with Crippen molar-refractivity contribution in [1.29, 1.82) is 0 Å². The molecule has 1 aliphatic heterocycles. The maximum Gasteiger partial charge on any atom is 0.220 e. The van der Waals surface area contributed by atoms with Crippen molar-refractivity contribution in [3.63, 3.8) is 0 Å². The zero-order valence-corrected chi connectivity index (χ0v) is 53.4. The number of unbranched alkanes of at least 4 members (excludes halogenated alkanes) is 25. The van der Waals surface area contributed by atoms with Crippen molar-refractivity contribution in [3.8, 4) is 0 Å². The van der Waals surface area contributed by atoms with Crippen molar-refractivity contribution in [3.05, 3.63) is 146 Å². The molecule has 9 nitrogen and oxygen atoms in total. The maximum atomic E-state index is 13.1. The molecule has 1 fully saturated rings. The second-order valence-corrected chi connectivity index (χ2v) is 22.9. The third kappa shape index (κ3) is 50.2. The van der Waals surface area contributed by atoms with Gasteiger partial charge in [0.2, 0.25) is 5.91 Å². The molecule has 0 aromatic heterocycles. The molecule has 0 bridgehead atoms. The smallest absolute Gasteiger partial charge is 0.220 e. The summed E-state index contributed by atoms with van der Waals surface area (Å²) in [6, 6.07) is -0.842. The van der Waals surface area contributed by atoms with Gasteiger partial charge < -0.3 is 40.3 Å². The zero-order valence-electron chi connectivity index (χ0n) is 53.4. The summed E-state index contributed by atoms with van der Waals surface area (Å²) in [6.45, 7) is 3.65. The maximum absolute atomic E-state index is 13.1. The number of carbonyl (C=O) groups excluding carboxylic acids is 1. The van der Waals surface area contributed by atoms with E-state index in [1.807, 2.05) is 6.08 Å². The number of hydrogen-bond donors (Lipinski definition) is 6. The second-order valence-electron chi connectivity index (χ2n) is 22.9. The molecule has 1 saturated heterocycles. The Labute approximate surface area is 514 Å². The first-order valence-corrected chi connectivity index (χ1v) is 34.1. The fourth-order valence-corrected chi connectivity index (χ4v) is 9.85. The number of amides is 1. The molecule has 6 N–H and O–H groups in total. The lowest BCUT2D eigenvalue weighted by atomic mass is 9.99. The largest absolute Gasteiger partial charge is 0.394 e. The fraction of sp³-hybridized carbons (Fsp3) is 0.667. The van der Waals surface area contributed by atoms with Crippen LogP contribution in [0.1, 0.15) is 264 Å². The summed E-state index contributed by atoms with van der Waals surface area (Å²) < 4.78 is 11.3. The van der Waals surface area contributed by atoms with Crippen molar-refractivity contribution in [2.45, 2.75) is 307 Å². The summed E-state index contributed by atoms with van der Waals surface area (Å²) in [4.78, 5) is 13.1. The molecule has 0 saturated carbocycles. The first-order chi connectivity index (χ1) is 41.3. The molecule has 0 radical (unpaired) electrons. The molecular weight excluding hydrogens is 1040 g/mol. The molecular formula is C75H125NO8. The Morgan fingerprint density at radius 2 is 0.750 bits per heavy atom. The molecule has 1 aliphatic rings. The van der Waals surface area contributed by atoms with E-state index in [0.29, 0.717) is 6.42 Å². The lowest BCUT2D eigenvalue weighted by Crippen LogP contribution is -2.60. The Kier molecular flexibility index (Phi) is 57.8. The van der Waals surface area contributed by atoms with Crippen molar-refractivity contribution < 1.29 is 39.8 Å². The van der Waals surface area contributed by atoms with Crippen LogP contribution in [0.2, 0.25) is 0 Å². The van der Waals surface area contributed by atoms with E-state index in [1.165, 1.54) is 116 Å². The summed E-state index contributed by atoms with van der Waals surface area (Å²) in [5, 5.41) is 54.7. The van der Waals surface area contributed by atoms with Gasteiger partial charge in [-0.2, -0.15) is 0 Å². The SMILES string of the molecule is CC/C=C\C/C=C\C/C=C\C/C=C\C/C=C\C/C=C\C/C=C\C/C=C\C/C=C\C/C=C\CCCCCCCCC(=O)NC(COC1OC(CO)C(O)C(O)C1O)C(O)/C=C/CC/C=C/CCCCCCCCCCCCCCCCCCCC. The molecule has 0 aromatic carbocycles. The standard InChI is InChI=1S/C75H125NO8/c1-3-5-7-9-11-13-15-17-19-21-23-25-27-29-30-31-32-33-34-35-36-37-38-39-40-41-43-45-47-49-51-53-55-57-59-61-63-65-71(79)76-68(67-83-75-74(82)73(81)72(80)70(66-77)84-75)69(78)64-62-60-58-56-54-52-50-48-46-44-42-28-26-24-22-20-18-16-14-12-10-8-6-4-2/h5,7,11,13,17,19,23,25,29-30,32-33,35-36,38-39,41,43,47,49,54,56,62,64,68-70,72-75,77-78,80-82H,3-4,6,8-10,12,14-16,18,20-22,24,26-28,31,34,37,40,42,44-46,48,50-53,55,57-61,63,65-67H2,1-2H3,(H,76,79)/b7-5-,13-11-,19-17-,25-23-,30-29-,33-32-,36-35-,39-38-,43-41-,49-47-,56-54+,64-62+. The van der Waals surface area contributed by atoms with E-state index in [4.69, 9.17) is 9.47 Å². The van der Waals surface area contributed by atoms with Gasteiger partial charge >= 0.3 is 0 Å².